The van der Waals surface area contributed by atoms with Crippen LogP contribution in [-0.4, -0.2) is 9.97 Å². The third-order valence-electron chi connectivity index (χ3n) is 1.09. The summed E-state index contributed by atoms with van der Waals surface area (Å²) in [6.45, 7) is 3.26. The molecule has 2 nitrogen and oxygen atoms in total. The van der Waals surface area contributed by atoms with Crippen molar-refractivity contribution in [3.8, 4) is 0 Å². The van der Waals surface area contributed by atoms with Crippen LogP contribution in [0.5, 0.6) is 0 Å². The van der Waals surface area contributed by atoms with E-state index >= 15 is 0 Å². The fourth-order valence-corrected chi connectivity index (χ4v) is 0.742. The molecule has 1 aromatic rings. The van der Waals surface area contributed by atoms with Gasteiger partial charge in [-0.15, -0.1) is 0 Å². The smallest absolute Gasteiger partial charge is 0.235 e. The van der Waals surface area contributed by atoms with Gasteiger partial charge in [0.2, 0.25) is 5.95 Å². The van der Waals surface area contributed by atoms with E-state index in [0.717, 1.165) is 0 Å². The Morgan fingerprint density at radius 2 is 1.90 bits per heavy atom. The van der Waals surface area contributed by atoms with Gasteiger partial charge >= 0.3 is 0 Å². The van der Waals surface area contributed by atoms with Crippen LogP contribution in [0.1, 0.15) is 11.5 Å². The molecule has 0 amide bonds. The van der Waals surface area contributed by atoms with Gasteiger partial charge in [-0.2, -0.15) is 4.39 Å². The molecule has 0 aromatic carbocycles. The first-order valence-corrected chi connectivity index (χ1v) is 3.15. The van der Waals surface area contributed by atoms with Gasteiger partial charge in [-0.25, -0.2) is 9.97 Å². The molecule has 0 fully saturated rings. The van der Waals surface area contributed by atoms with Crippen LogP contribution in [0.25, 0.3) is 0 Å². The van der Waals surface area contributed by atoms with Crippen LogP contribution in [0.15, 0.2) is 0 Å². The molecule has 1 heterocycles. The highest BCUT2D eigenvalue weighted by Crippen LogP contribution is 2.14. The van der Waals surface area contributed by atoms with Gasteiger partial charge < -0.3 is 0 Å². The summed E-state index contributed by atoms with van der Waals surface area (Å²) in [5, 5.41) is 0.00519. The Labute approximate surface area is 63.1 Å². The molecule has 0 saturated heterocycles. The Bertz CT molecular complexity index is 239. The molecular formula is C6H6ClFN2. The van der Waals surface area contributed by atoms with Gasteiger partial charge in [0.05, 0.1) is 5.69 Å². The Morgan fingerprint density at radius 1 is 1.30 bits per heavy atom. The maximum absolute atomic E-state index is 12.6. The van der Waals surface area contributed by atoms with E-state index in [4.69, 9.17) is 11.6 Å². The summed E-state index contributed by atoms with van der Waals surface area (Å²) in [5.41, 5.74) is 0.478. The highest BCUT2D eigenvalue weighted by atomic mass is 35.5. The van der Waals surface area contributed by atoms with E-state index in [0.29, 0.717) is 11.5 Å². The van der Waals surface area contributed by atoms with Gasteiger partial charge in [0.25, 0.3) is 0 Å². The van der Waals surface area contributed by atoms with Crippen LogP contribution < -0.4 is 0 Å². The molecule has 0 saturated carbocycles. The van der Waals surface area contributed by atoms with Crippen molar-refractivity contribution in [1.82, 2.24) is 9.97 Å². The Morgan fingerprint density at radius 3 is 2.40 bits per heavy atom. The average Bonchev–Trinajstić information content (AvgIpc) is 1.82. The average molecular weight is 161 g/mol. The van der Waals surface area contributed by atoms with Crippen molar-refractivity contribution in [2.75, 3.05) is 0 Å². The van der Waals surface area contributed by atoms with E-state index in [1.807, 2.05) is 0 Å². The molecule has 1 aromatic heterocycles. The lowest BCUT2D eigenvalue weighted by molar-refractivity contribution is 0.572. The summed E-state index contributed by atoms with van der Waals surface area (Å²) in [5.74, 6) is -0.244. The zero-order valence-electron chi connectivity index (χ0n) is 5.65. The lowest BCUT2D eigenvalue weighted by Crippen LogP contribution is -1.95. The molecule has 0 spiro atoms. The van der Waals surface area contributed by atoms with Crippen molar-refractivity contribution in [2.45, 2.75) is 13.8 Å². The molecule has 10 heavy (non-hydrogen) atoms. The molecule has 0 aliphatic carbocycles. The number of hydrogen-bond acceptors (Lipinski definition) is 2. The highest BCUT2D eigenvalue weighted by molar-refractivity contribution is 6.31. The summed E-state index contributed by atoms with van der Waals surface area (Å²) >= 11 is 5.45. The third kappa shape index (κ3) is 1.24. The summed E-state index contributed by atoms with van der Waals surface area (Å²) in [7, 11) is 0. The van der Waals surface area contributed by atoms with Crippen molar-refractivity contribution in [3.63, 3.8) is 0 Å². The molecule has 0 N–H and O–H groups in total. The van der Waals surface area contributed by atoms with E-state index in [9.17, 15) is 4.39 Å². The number of aryl methyl sites for hydroxylation is 2. The molecule has 4 heteroatoms. The maximum Gasteiger partial charge on any atom is 0.235 e. The van der Waals surface area contributed by atoms with Crippen LogP contribution >= 0.6 is 11.6 Å². The molecule has 0 unspecified atom stereocenters. The second kappa shape index (κ2) is 2.50. The normalized spacial score (nSPS) is 10.0. The quantitative estimate of drug-likeness (QED) is 0.542. The predicted molar refractivity (Wildman–Crippen MR) is 36.5 cm³/mol. The lowest BCUT2D eigenvalue weighted by atomic mass is 10.4. The number of rotatable bonds is 0. The molecule has 0 bridgehead atoms. The Kier molecular flexibility index (Phi) is 1.85. The fourth-order valence-electron chi connectivity index (χ4n) is 0.657. The van der Waals surface area contributed by atoms with Gasteiger partial charge in [0, 0.05) is 0 Å². The Balaban J connectivity index is 3.31. The van der Waals surface area contributed by atoms with Crippen LogP contribution in [0, 0.1) is 19.8 Å². The number of nitrogens with zero attached hydrogens (tertiary/aromatic N) is 2. The molecular weight excluding hydrogens is 155 g/mol. The SMILES string of the molecule is Cc1nc(C)c(Cl)c(F)n1. The number of aromatic nitrogens is 2. The van der Waals surface area contributed by atoms with Gasteiger partial charge in [0.1, 0.15) is 10.8 Å². The van der Waals surface area contributed by atoms with Crippen LogP contribution in [0.3, 0.4) is 0 Å². The fraction of sp³-hybridized carbons (Fsp3) is 0.333. The maximum atomic E-state index is 12.6. The topological polar surface area (TPSA) is 25.8 Å². The first-order valence-electron chi connectivity index (χ1n) is 2.77. The number of halogens is 2. The van der Waals surface area contributed by atoms with E-state index in [1.54, 1.807) is 13.8 Å². The minimum absolute atomic E-state index is 0.00519. The van der Waals surface area contributed by atoms with Gasteiger partial charge in [-0.1, -0.05) is 11.6 Å². The summed E-state index contributed by atoms with van der Waals surface area (Å²) in [6, 6.07) is 0. The van der Waals surface area contributed by atoms with Crippen molar-refractivity contribution in [3.05, 3.63) is 22.5 Å². The minimum Gasteiger partial charge on any atom is -0.237 e. The second-order valence-electron chi connectivity index (χ2n) is 1.96. The predicted octanol–water partition coefficient (Wildman–Crippen LogP) is 1.89. The third-order valence-corrected chi connectivity index (χ3v) is 1.52. The van der Waals surface area contributed by atoms with Crippen LogP contribution in [-0.2, 0) is 0 Å². The van der Waals surface area contributed by atoms with E-state index < -0.39 is 5.95 Å². The molecule has 0 radical (unpaired) electrons. The zero-order valence-corrected chi connectivity index (χ0v) is 6.41. The first kappa shape index (κ1) is 7.41. The summed E-state index contributed by atoms with van der Waals surface area (Å²) in [4.78, 5) is 7.28. The van der Waals surface area contributed by atoms with Crippen molar-refractivity contribution < 1.29 is 4.39 Å². The molecule has 0 atom stereocenters. The lowest BCUT2D eigenvalue weighted by Gasteiger charge is -1.97. The molecule has 1 rings (SSSR count). The zero-order chi connectivity index (χ0) is 7.72. The van der Waals surface area contributed by atoms with Crippen LogP contribution in [0.2, 0.25) is 5.02 Å². The monoisotopic (exact) mass is 160 g/mol. The van der Waals surface area contributed by atoms with E-state index in [-0.39, 0.29) is 5.02 Å². The Hall–Kier alpha value is -0.700. The van der Waals surface area contributed by atoms with Gasteiger partial charge in [-0.3, -0.25) is 0 Å². The summed E-state index contributed by atoms with van der Waals surface area (Å²) in [6.07, 6.45) is 0. The largest absolute Gasteiger partial charge is 0.237 e. The molecule has 0 aliphatic rings. The standard InChI is InChI=1S/C6H6ClFN2/c1-3-5(7)6(8)10-4(2)9-3/h1-2H3. The first-order chi connectivity index (χ1) is 4.61. The van der Waals surface area contributed by atoms with Crippen LogP contribution in [0.4, 0.5) is 4.39 Å². The summed E-state index contributed by atoms with van der Waals surface area (Å²) < 4.78 is 12.6. The highest BCUT2D eigenvalue weighted by Gasteiger charge is 2.05. The molecule has 0 aliphatic heterocycles. The van der Waals surface area contributed by atoms with Gasteiger partial charge in [0.15, 0.2) is 0 Å². The number of hydrogen-bond donors (Lipinski definition) is 0. The van der Waals surface area contributed by atoms with Crippen molar-refractivity contribution >= 4 is 11.6 Å². The van der Waals surface area contributed by atoms with Gasteiger partial charge in [-0.05, 0) is 13.8 Å². The van der Waals surface area contributed by atoms with Crippen molar-refractivity contribution in [2.24, 2.45) is 0 Å². The molecule has 54 valence electrons. The van der Waals surface area contributed by atoms with Crippen molar-refractivity contribution in [1.29, 1.82) is 0 Å². The second-order valence-corrected chi connectivity index (χ2v) is 2.34. The van der Waals surface area contributed by atoms with E-state index in [2.05, 4.69) is 9.97 Å². The minimum atomic E-state index is -0.647. The van der Waals surface area contributed by atoms with E-state index in [1.165, 1.54) is 0 Å².